The fourth-order valence-corrected chi connectivity index (χ4v) is 3.87. The van der Waals surface area contributed by atoms with E-state index in [0.717, 1.165) is 12.8 Å². The van der Waals surface area contributed by atoms with Crippen molar-refractivity contribution in [2.45, 2.75) is 33.6 Å². The molecule has 0 radical (unpaired) electrons. The van der Waals surface area contributed by atoms with E-state index in [-0.39, 0.29) is 23.0 Å². The monoisotopic (exact) mass is 210 g/mol. The number of rotatable bonds is 3. The molecule has 0 spiro atoms. The van der Waals surface area contributed by atoms with Crippen molar-refractivity contribution in [2.24, 2.45) is 29.1 Å². The van der Waals surface area contributed by atoms with Gasteiger partial charge in [0.25, 0.3) is 0 Å². The molecule has 0 amide bonds. The van der Waals surface area contributed by atoms with Gasteiger partial charge < -0.3 is 5.11 Å². The maximum Gasteiger partial charge on any atom is 0.307 e. The molecule has 3 nitrogen and oxygen atoms in total. The lowest BCUT2D eigenvalue weighted by atomic mass is 9.78. The Hall–Kier alpha value is -0.860. The third kappa shape index (κ3) is 1.25. The van der Waals surface area contributed by atoms with Crippen LogP contribution in [-0.2, 0) is 9.59 Å². The summed E-state index contributed by atoms with van der Waals surface area (Å²) in [7, 11) is 0. The number of fused-ring (bicyclic) bond motifs is 1. The number of aliphatic carboxylic acids is 1. The second-order valence-corrected chi connectivity index (χ2v) is 5.33. The van der Waals surface area contributed by atoms with Crippen molar-refractivity contribution in [2.75, 3.05) is 0 Å². The summed E-state index contributed by atoms with van der Waals surface area (Å²) >= 11 is 0. The summed E-state index contributed by atoms with van der Waals surface area (Å²) in [5, 5.41) is 9.23. The molecule has 0 bridgehead atoms. The molecule has 1 N–H and O–H groups in total. The number of ketones is 1. The SMILES string of the molecule is CCC1C(C(=O)O)C(C(C)=O)C2CC21C. The molecule has 5 unspecified atom stereocenters. The van der Waals surface area contributed by atoms with Crippen LogP contribution in [0.2, 0.25) is 0 Å². The van der Waals surface area contributed by atoms with Crippen LogP contribution in [0.3, 0.4) is 0 Å². The van der Waals surface area contributed by atoms with Gasteiger partial charge in [0, 0.05) is 5.92 Å². The molecule has 2 aliphatic rings. The lowest BCUT2D eigenvalue weighted by molar-refractivity contribution is -0.148. The maximum atomic E-state index is 11.5. The quantitative estimate of drug-likeness (QED) is 0.774. The van der Waals surface area contributed by atoms with E-state index in [2.05, 4.69) is 6.92 Å². The van der Waals surface area contributed by atoms with Crippen molar-refractivity contribution in [1.29, 1.82) is 0 Å². The van der Waals surface area contributed by atoms with Crippen molar-refractivity contribution in [3.8, 4) is 0 Å². The van der Waals surface area contributed by atoms with Gasteiger partial charge in [-0.2, -0.15) is 0 Å². The van der Waals surface area contributed by atoms with Gasteiger partial charge in [-0.15, -0.1) is 0 Å². The van der Waals surface area contributed by atoms with Crippen LogP contribution in [0.1, 0.15) is 33.6 Å². The molecule has 2 aliphatic carbocycles. The van der Waals surface area contributed by atoms with Gasteiger partial charge in [-0.1, -0.05) is 20.3 Å². The Labute approximate surface area is 89.9 Å². The molecule has 0 aromatic heterocycles. The predicted molar refractivity (Wildman–Crippen MR) is 55.3 cm³/mol. The molecule has 0 aliphatic heterocycles. The van der Waals surface area contributed by atoms with Gasteiger partial charge in [0.2, 0.25) is 0 Å². The van der Waals surface area contributed by atoms with Gasteiger partial charge in [0.15, 0.2) is 0 Å². The molecule has 0 aromatic carbocycles. The summed E-state index contributed by atoms with van der Waals surface area (Å²) in [5.74, 6) is -0.855. The summed E-state index contributed by atoms with van der Waals surface area (Å²) in [6, 6.07) is 0. The highest BCUT2D eigenvalue weighted by atomic mass is 16.4. The topological polar surface area (TPSA) is 54.4 Å². The average molecular weight is 210 g/mol. The number of carbonyl (C=O) groups is 2. The zero-order valence-corrected chi connectivity index (χ0v) is 9.49. The summed E-state index contributed by atoms with van der Waals surface area (Å²) in [6.07, 6.45) is 1.91. The van der Waals surface area contributed by atoms with Crippen molar-refractivity contribution in [1.82, 2.24) is 0 Å². The molecule has 2 fully saturated rings. The summed E-state index contributed by atoms with van der Waals surface area (Å²) < 4.78 is 0. The van der Waals surface area contributed by atoms with Crippen LogP contribution in [0.4, 0.5) is 0 Å². The molecule has 15 heavy (non-hydrogen) atoms. The van der Waals surface area contributed by atoms with Crippen LogP contribution >= 0.6 is 0 Å². The third-order valence-electron chi connectivity index (χ3n) is 4.64. The maximum absolute atomic E-state index is 11.5. The number of hydrogen-bond acceptors (Lipinski definition) is 2. The Morgan fingerprint density at radius 1 is 1.40 bits per heavy atom. The van der Waals surface area contributed by atoms with Crippen molar-refractivity contribution in [3.05, 3.63) is 0 Å². The van der Waals surface area contributed by atoms with E-state index in [9.17, 15) is 14.7 Å². The Kier molecular flexibility index (Phi) is 2.18. The van der Waals surface area contributed by atoms with E-state index in [0.29, 0.717) is 5.92 Å². The number of Topliss-reactive ketones (excluding diaryl/α,β-unsaturated/α-hetero) is 1. The second kappa shape index (κ2) is 3.06. The van der Waals surface area contributed by atoms with Crippen LogP contribution in [0.5, 0.6) is 0 Å². The highest BCUT2D eigenvalue weighted by Crippen LogP contribution is 2.71. The molecule has 0 saturated heterocycles. The zero-order valence-electron chi connectivity index (χ0n) is 9.49. The number of hydrogen-bond donors (Lipinski definition) is 1. The summed E-state index contributed by atoms with van der Waals surface area (Å²) in [5.41, 5.74) is 0.133. The van der Waals surface area contributed by atoms with E-state index in [1.54, 1.807) is 0 Å². The fourth-order valence-electron chi connectivity index (χ4n) is 3.87. The number of carboxylic acids is 1. The summed E-state index contributed by atoms with van der Waals surface area (Å²) in [6.45, 7) is 5.71. The molecule has 2 rings (SSSR count). The van der Waals surface area contributed by atoms with Gasteiger partial charge >= 0.3 is 5.97 Å². The Bertz CT molecular complexity index is 323. The molecule has 3 heteroatoms. The zero-order chi connectivity index (χ0) is 11.4. The van der Waals surface area contributed by atoms with E-state index >= 15 is 0 Å². The van der Waals surface area contributed by atoms with Crippen molar-refractivity contribution in [3.63, 3.8) is 0 Å². The normalized spacial score (nSPS) is 47.4. The van der Waals surface area contributed by atoms with Gasteiger partial charge in [-0.05, 0) is 30.6 Å². The average Bonchev–Trinajstić information content (AvgIpc) is 2.71. The van der Waals surface area contributed by atoms with E-state index in [1.165, 1.54) is 6.92 Å². The van der Waals surface area contributed by atoms with Crippen molar-refractivity contribution < 1.29 is 14.7 Å². The summed E-state index contributed by atoms with van der Waals surface area (Å²) in [4.78, 5) is 22.8. The minimum atomic E-state index is -0.782. The van der Waals surface area contributed by atoms with Crippen LogP contribution in [-0.4, -0.2) is 16.9 Å². The molecule has 84 valence electrons. The van der Waals surface area contributed by atoms with Crippen molar-refractivity contribution >= 4 is 11.8 Å². The number of carbonyl (C=O) groups excluding carboxylic acids is 1. The largest absolute Gasteiger partial charge is 0.481 e. The number of carboxylic acid groups (broad SMARTS) is 1. The van der Waals surface area contributed by atoms with Crippen LogP contribution < -0.4 is 0 Å². The van der Waals surface area contributed by atoms with Gasteiger partial charge in [0.1, 0.15) is 5.78 Å². The van der Waals surface area contributed by atoms with Crippen LogP contribution in [0.25, 0.3) is 0 Å². The first kappa shape index (κ1) is 10.7. The predicted octanol–water partition coefficient (Wildman–Crippen LogP) is 1.96. The lowest BCUT2D eigenvalue weighted by Crippen LogP contribution is -2.32. The Morgan fingerprint density at radius 2 is 2.00 bits per heavy atom. The smallest absolute Gasteiger partial charge is 0.307 e. The van der Waals surface area contributed by atoms with E-state index in [4.69, 9.17) is 0 Å². The minimum Gasteiger partial charge on any atom is -0.481 e. The minimum absolute atomic E-state index is 0.0621. The Balaban J connectivity index is 2.33. The highest BCUT2D eigenvalue weighted by molar-refractivity contribution is 5.86. The lowest BCUT2D eigenvalue weighted by Gasteiger charge is -2.25. The molecule has 0 aromatic rings. The van der Waals surface area contributed by atoms with Gasteiger partial charge in [-0.3, -0.25) is 9.59 Å². The molecule has 0 heterocycles. The van der Waals surface area contributed by atoms with Crippen LogP contribution in [0, 0.1) is 29.1 Å². The fraction of sp³-hybridized carbons (Fsp3) is 0.833. The second-order valence-electron chi connectivity index (χ2n) is 5.33. The van der Waals surface area contributed by atoms with Gasteiger partial charge in [-0.25, -0.2) is 0 Å². The Morgan fingerprint density at radius 3 is 2.40 bits per heavy atom. The molecule has 2 saturated carbocycles. The first-order valence-electron chi connectivity index (χ1n) is 5.66. The highest BCUT2D eigenvalue weighted by Gasteiger charge is 2.69. The first-order chi connectivity index (χ1) is 6.93. The van der Waals surface area contributed by atoms with E-state index < -0.39 is 11.9 Å². The van der Waals surface area contributed by atoms with Crippen LogP contribution in [0.15, 0.2) is 0 Å². The first-order valence-corrected chi connectivity index (χ1v) is 5.66. The molecular formula is C12H18O3. The van der Waals surface area contributed by atoms with Gasteiger partial charge in [0.05, 0.1) is 5.92 Å². The molecule has 5 atom stereocenters. The standard InChI is InChI=1S/C12H18O3/c1-4-7-10(11(14)15)9(6(2)13)8-5-12(7,8)3/h7-10H,4-5H2,1-3H3,(H,14,15). The third-order valence-corrected chi connectivity index (χ3v) is 4.64. The van der Waals surface area contributed by atoms with E-state index in [1.807, 2.05) is 6.92 Å². The molecular weight excluding hydrogens is 192 g/mol.